The zero-order valence-electron chi connectivity index (χ0n) is 7.37. The number of benzene rings is 1. The van der Waals surface area contributed by atoms with E-state index in [1.165, 1.54) is 6.07 Å². The molecule has 0 radical (unpaired) electrons. The van der Waals surface area contributed by atoms with Crippen molar-refractivity contribution < 1.29 is 4.39 Å². The molecule has 5 heteroatoms. The Hall–Kier alpha value is -1.13. The van der Waals surface area contributed by atoms with E-state index >= 15 is 0 Å². The Bertz CT molecular complexity index is 466. The molecular formula is C9H9ClFN3. The second-order valence-electron chi connectivity index (χ2n) is 2.93. The number of rotatable bonds is 2. The molecule has 0 aliphatic rings. The lowest BCUT2D eigenvalue weighted by Crippen LogP contribution is -2.09. The maximum absolute atomic E-state index is 13.3. The van der Waals surface area contributed by atoms with E-state index in [0.717, 1.165) is 0 Å². The molecule has 0 fully saturated rings. The SMILES string of the molecule is NCCn1c(Cl)nc2c(F)cccc21. The zero-order chi connectivity index (χ0) is 10.1. The Balaban J connectivity index is 2.70. The number of para-hydroxylation sites is 1. The second kappa shape index (κ2) is 3.55. The Kier molecular flexibility index (Phi) is 2.39. The van der Waals surface area contributed by atoms with Crippen molar-refractivity contribution in [2.45, 2.75) is 6.54 Å². The summed E-state index contributed by atoms with van der Waals surface area (Å²) in [5, 5.41) is 0.274. The van der Waals surface area contributed by atoms with Gasteiger partial charge in [0.1, 0.15) is 5.52 Å². The van der Waals surface area contributed by atoms with Crippen molar-refractivity contribution in [1.29, 1.82) is 0 Å². The van der Waals surface area contributed by atoms with Gasteiger partial charge in [-0.25, -0.2) is 9.37 Å². The van der Waals surface area contributed by atoms with Gasteiger partial charge in [0.15, 0.2) is 5.82 Å². The molecule has 0 unspecified atom stereocenters. The van der Waals surface area contributed by atoms with Crippen LogP contribution in [0.1, 0.15) is 0 Å². The molecule has 74 valence electrons. The van der Waals surface area contributed by atoms with Crippen molar-refractivity contribution in [3.63, 3.8) is 0 Å². The van der Waals surface area contributed by atoms with Gasteiger partial charge < -0.3 is 10.3 Å². The zero-order valence-corrected chi connectivity index (χ0v) is 8.13. The first-order valence-electron chi connectivity index (χ1n) is 4.24. The van der Waals surface area contributed by atoms with Gasteiger partial charge in [-0.1, -0.05) is 6.07 Å². The Morgan fingerprint density at radius 1 is 1.50 bits per heavy atom. The van der Waals surface area contributed by atoms with Crippen LogP contribution in [0.5, 0.6) is 0 Å². The van der Waals surface area contributed by atoms with E-state index in [-0.39, 0.29) is 11.1 Å². The molecule has 0 amide bonds. The summed E-state index contributed by atoms with van der Waals surface area (Å²) < 4.78 is 14.9. The van der Waals surface area contributed by atoms with Gasteiger partial charge in [-0.05, 0) is 23.7 Å². The van der Waals surface area contributed by atoms with Gasteiger partial charge in [0.25, 0.3) is 0 Å². The highest BCUT2D eigenvalue weighted by Crippen LogP contribution is 2.21. The monoisotopic (exact) mass is 213 g/mol. The molecule has 0 atom stereocenters. The molecule has 2 N–H and O–H groups in total. The van der Waals surface area contributed by atoms with Gasteiger partial charge in [-0.15, -0.1) is 0 Å². The summed E-state index contributed by atoms with van der Waals surface area (Å²) in [4.78, 5) is 3.93. The summed E-state index contributed by atoms with van der Waals surface area (Å²) in [6.07, 6.45) is 0. The van der Waals surface area contributed by atoms with E-state index < -0.39 is 0 Å². The van der Waals surface area contributed by atoms with E-state index in [0.29, 0.717) is 24.1 Å². The third-order valence-electron chi connectivity index (χ3n) is 2.04. The van der Waals surface area contributed by atoms with E-state index in [1.54, 1.807) is 16.7 Å². The van der Waals surface area contributed by atoms with Gasteiger partial charge in [-0.2, -0.15) is 0 Å². The minimum Gasteiger partial charge on any atom is -0.329 e. The van der Waals surface area contributed by atoms with E-state index in [4.69, 9.17) is 17.3 Å². The number of nitrogens with two attached hydrogens (primary N) is 1. The quantitative estimate of drug-likeness (QED) is 0.827. The van der Waals surface area contributed by atoms with Gasteiger partial charge in [0, 0.05) is 13.1 Å². The van der Waals surface area contributed by atoms with Crippen molar-refractivity contribution >= 4 is 22.6 Å². The van der Waals surface area contributed by atoms with Crippen LogP contribution < -0.4 is 5.73 Å². The van der Waals surface area contributed by atoms with Crippen molar-refractivity contribution in [3.8, 4) is 0 Å². The molecule has 0 aliphatic heterocycles. The smallest absolute Gasteiger partial charge is 0.203 e. The van der Waals surface area contributed by atoms with Gasteiger partial charge >= 0.3 is 0 Å². The molecule has 1 aromatic carbocycles. The summed E-state index contributed by atoms with van der Waals surface area (Å²) in [6, 6.07) is 4.76. The largest absolute Gasteiger partial charge is 0.329 e. The van der Waals surface area contributed by atoms with Crippen LogP contribution >= 0.6 is 11.6 Å². The highest BCUT2D eigenvalue weighted by atomic mass is 35.5. The number of fused-ring (bicyclic) bond motifs is 1. The summed E-state index contributed by atoms with van der Waals surface area (Å²) in [7, 11) is 0. The number of nitrogens with zero attached hydrogens (tertiary/aromatic N) is 2. The first-order valence-corrected chi connectivity index (χ1v) is 4.62. The lowest BCUT2D eigenvalue weighted by molar-refractivity contribution is 0.637. The molecule has 1 heterocycles. The van der Waals surface area contributed by atoms with Crippen LogP contribution in [0.15, 0.2) is 18.2 Å². The molecule has 1 aromatic heterocycles. The molecule has 0 saturated carbocycles. The molecule has 14 heavy (non-hydrogen) atoms. The van der Waals surface area contributed by atoms with Crippen LogP contribution in [0.25, 0.3) is 11.0 Å². The topological polar surface area (TPSA) is 43.8 Å². The fourth-order valence-electron chi connectivity index (χ4n) is 1.43. The lowest BCUT2D eigenvalue weighted by Gasteiger charge is -2.01. The average molecular weight is 214 g/mol. The minimum atomic E-state index is -0.361. The molecular weight excluding hydrogens is 205 g/mol. The van der Waals surface area contributed by atoms with Gasteiger partial charge in [-0.3, -0.25) is 0 Å². The van der Waals surface area contributed by atoms with Gasteiger partial charge in [0.05, 0.1) is 5.52 Å². The third kappa shape index (κ3) is 1.36. The van der Waals surface area contributed by atoms with Gasteiger partial charge in [0.2, 0.25) is 5.28 Å². The van der Waals surface area contributed by atoms with E-state index in [1.807, 2.05) is 0 Å². The van der Waals surface area contributed by atoms with Crippen LogP contribution in [0.3, 0.4) is 0 Å². The predicted molar refractivity (Wildman–Crippen MR) is 53.8 cm³/mol. The molecule has 2 aromatic rings. The Morgan fingerprint density at radius 3 is 3.00 bits per heavy atom. The molecule has 0 spiro atoms. The number of halogens is 2. The summed E-state index contributed by atoms with van der Waals surface area (Å²) in [5.41, 5.74) is 6.39. The first kappa shape index (κ1) is 9.43. The number of hydrogen-bond acceptors (Lipinski definition) is 2. The number of hydrogen-bond donors (Lipinski definition) is 1. The normalized spacial score (nSPS) is 11.1. The fraction of sp³-hybridized carbons (Fsp3) is 0.222. The van der Waals surface area contributed by atoms with Crippen molar-refractivity contribution in [2.75, 3.05) is 6.54 Å². The van der Waals surface area contributed by atoms with Crippen LogP contribution in [0.4, 0.5) is 4.39 Å². The van der Waals surface area contributed by atoms with E-state index in [2.05, 4.69) is 4.98 Å². The standard InChI is InChI=1S/C9H9ClFN3/c10-9-13-8-6(11)2-1-3-7(8)14(9)5-4-12/h1-3H,4-5,12H2. The summed E-state index contributed by atoms with van der Waals surface area (Å²) in [5.74, 6) is -0.361. The summed E-state index contributed by atoms with van der Waals surface area (Å²) >= 11 is 5.85. The van der Waals surface area contributed by atoms with Crippen molar-refractivity contribution in [2.24, 2.45) is 5.73 Å². The number of imidazole rings is 1. The minimum absolute atomic E-state index is 0.274. The van der Waals surface area contributed by atoms with Crippen molar-refractivity contribution in [1.82, 2.24) is 9.55 Å². The molecule has 0 aliphatic carbocycles. The lowest BCUT2D eigenvalue weighted by atomic mass is 10.3. The maximum atomic E-state index is 13.3. The average Bonchev–Trinajstić information content (AvgIpc) is 2.47. The molecule has 0 bridgehead atoms. The second-order valence-corrected chi connectivity index (χ2v) is 3.27. The van der Waals surface area contributed by atoms with E-state index in [9.17, 15) is 4.39 Å². The Labute approximate surface area is 85.3 Å². The first-order chi connectivity index (χ1) is 6.74. The van der Waals surface area contributed by atoms with Crippen LogP contribution in [-0.2, 0) is 6.54 Å². The highest BCUT2D eigenvalue weighted by molar-refractivity contribution is 6.29. The van der Waals surface area contributed by atoms with Crippen LogP contribution in [0, 0.1) is 5.82 Å². The third-order valence-corrected chi connectivity index (χ3v) is 2.32. The summed E-state index contributed by atoms with van der Waals surface area (Å²) in [6.45, 7) is 0.987. The maximum Gasteiger partial charge on any atom is 0.203 e. The fourth-order valence-corrected chi connectivity index (χ4v) is 1.69. The predicted octanol–water partition coefficient (Wildman–Crippen LogP) is 1.79. The molecule has 3 nitrogen and oxygen atoms in total. The van der Waals surface area contributed by atoms with Crippen molar-refractivity contribution in [3.05, 3.63) is 29.3 Å². The Morgan fingerprint density at radius 2 is 2.29 bits per heavy atom. The number of aromatic nitrogens is 2. The molecule has 0 saturated heterocycles. The van der Waals surface area contributed by atoms with Crippen LogP contribution in [-0.4, -0.2) is 16.1 Å². The molecule has 2 rings (SSSR count). The highest BCUT2D eigenvalue weighted by Gasteiger charge is 2.10. The van der Waals surface area contributed by atoms with Crippen LogP contribution in [0.2, 0.25) is 5.28 Å².